The standard InChI is InChI=1S/C28H29ClF5NO4S/c1-18(36)26-24(31)15-22(16-25(26)40(2,37)38)39-14-4-12-35(13-11-19-7-9-21(30)10-8-19)17-20-5-3-6-23(27(20)29)28(32,33)34/h3,5-10,15-16,18,36H,4,11-14,17H2,1-2H3. The summed E-state index contributed by atoms with van der Waals surface area (Å²) < 4.78 is 97.8. The van der Waals surface area contributed by atoms with Crippen molar-refractivity contribution in [1.82, 2.24) is 4.90 Å². The number of halogens is 6. The molecule has 3 aromatic rings. The van der Waals surface area contributed by atoms with Crippen molar-refractivity contribution in [2.24, 2.45) is 0 Å². The molecule has 5 nitrogen and oxygen atoms in total. The molecule has 0 aliphatic carbocycles. The van der Waals surface area contributed by atoms with Gasteiger partial charge in [0.2, 0.25) is 0 Å². The monoisotopic (exact) mass is 605 g/mol. The van der Waals surface area contributed by atoms with Gasteiger partial charge in [0.1, 0.15) is 17.4 Å². The molecular formula is C28H29ClF5NO4S. The fourth-order valence-electron chi connectivity index (χ4n) is 4.21. The molecule has 1 atom stereocenters. The molecule has 218 valence electrons. The highest BCUT2D eigenvalue weighted by Crippen LogP contribution is 2.36. The summed E-state index contributed by atoms with van der Waals surface area (Å²) in [4.78, 5) is 1.49. The lowest BCUT2D eigenvalue weighted by molar-refractivity contribution is -0.137. The van der Waals surface area contributed by atoms with Crippen LogP contribution in [0.3, 0.4) is 0 Å². The lowest BCUT2D eigenvalue weighted by Gasteiger charge is -2.24. The van der Waals surface area contributed by atoms with Crippen molar-refractivity contribution in [3.05, 3.63) is 93.5 Å². The summed E-state index contributed by atoms with van der Waals surface area (Å²) in [5, 5.41) is 9.43. The van der Waals surface area contributed by atoms with Crippen LogP contribution in [0.2, 0.25) is 5.02 Å². The van der Waals surface area contributed by atoms with E-state index in [-0.39, 0.29) is 45.8 Å². The Morgan fingerprint density at radius 3 is 2.33 bits per heavy atom. The second-order valence-corrected chi connectivity index (χ2v) is 11.8. The number of alkyl halides is 3. The van der Waals surface area contributed by atoms with E-state index in [9.17, 15) is 35.5 Å². The van der Waals surface area contributed by atoms with Crippen molar-refractivity contribution >= 4 is 21.4 Å². The number of ether oxygens (including phenoxy) is 1. The first-order valence-corrected chi connectivity index (χ1v) is 14.6. The quantitative estimate of drug-likeness (QED) is 0.186. The van der Waals surface area contributed by atoms with E-state index in [4.69, 9.17) is 16.3 Å². The molecular weight excluding hydrogens is 577 g/mol. The zero-order valence-electron chi connectivity index (χ0n) is 21.8. The Morgan fingerprint density at radius 1 is 1.05 bits per heavy atom. The summed E-state index contributed by atoms with van der Waals surface area (Å²) in [6, 6.07) is 11.7. The third-order valence-corrected chi connectivity index (χ3v) is 7.76. The molecule has 1 unspecified atom stereocenters. The number of benzene rings is 3. The third kappa shape index (κ3) is 8.63. The molecule has 0 saturated carbocycles. The molecule has 0 saturated heterocycles. The van der Waals surface area contributed by atoms with Gasteiger partial charge < -0.3 is 9.84 Å². The molecule has 40 heavy (non-hydrogen) atoms. The van der Waals surface area contributed by atoms with E-state index in [1.54, 1.807) is 12.1 Å². The average molecular weight is 606 g/mol. The molecule has 0 aliphatic heterocycles. The SMILES string of the molecule is CC(O)c1c(F)cc(OCCCN(CCc2ccc(F)cc2)Cc2cccc(C(F)(F)F)c2Cl)cc1S(C)(=O)=O. The summed E-state index contributed by atoms with van der Waals surface area (Å²) in [7, 11) is -3.86. The molecule has 3 aromatic carbocycles. The number of nitrogens with zero attached hydrogens (tertiary/aromatic N) is 1. The van der Waals surface area contributed by atoms with Gasteiger partial charge in [-0.25, -0.2) is 17.2 Å². The minimum atomic E-state index is -4.61. The van der Waals surface area contributed by atoms with Gasteiger partial charge in [-0.05, 0) is 55.2 Å². The second kappa shape index (κ2) is 13.3. The molecule has 0 bridgehead atoms. The number of sulfone groups is 1. The predicted molar refractivity (Wildman–Crippen MR) is 142 cm³/mol. The Labute approximate surface area is 235 Å². The lowest BCUT2D eigenvalue weighted by Crippen LogP contribution is -2.28. The lowest BCUT2D eigenvalue weighted by atomic mass is 10.1. The van der Waals surface area contributed by atoms with Crippen LogP contribution < -0.4 is 4.74 Å². The van der Waals surface area contributed by atoms with Crippen LogP contribution in [0, 0.1) is 11.6 Å². The van der Waals surface area contributed by atoms with Gasteiger partial charge in [0.25, 0.3) is 0 Å². The minimum Gasteiger partial charge on any atom is -0.493 e. The van der Waals surface area contributed by atoms with Crippen molar-refractivity contribution in [3.8, 4) is 5.75 Å². The van der Waals surface area contributed by atoms with Crippen molar-refractivity contribution in [1.29, 1.82) is 0 Å². The van der Waals surface area contributed by atoms with Crippen LogP contribution in [0.25, 0.3) is 0 Å². The van der Waals surface area contributed by atoms with E-state index in [1.165, 1.54) is 31.2 Å². The molecule has 12 heteroatoms. The summed E-state index contributed by atoms with van der Waals surface area (Å²) in [5.41, 5.74) is -0.164. The van der Waals surface area contributed by atoms with Crippen molar-refractivity contribution in [2.45, 2.75) is 43.5 Å². The van der Waals surface area contributed by atoms with Gasteiger partial charge in [0.05, 0.1) is 28.2 Å². The van der Waals surface area contributed by atoms with Gasteiger partial charge in [-0.2, -0.15) is 13.2 Å². The maximum absolute atomic E-state index is 14.6. The molecule has 1 N–H and O–H groups in total. The van der Waals surface area contributed by atoms with Crippen molar-refractivity contribution < 1.29 is 40.2 Å². The van der Waals surface area contributed by atoms with Crippen molar-refractivity contribution in [3.63, 3.8) is 0 Å². The van der Waals surface area contributed by atoms with Gasteiger partial charge in [0.15, 0.2) is 9.84 Å². The van der Waals surface area contributed by atoms with E-state index in [0.29, 0.717) is 25.9 Å². The summed E-state index contributed by atoms with van der Waals surface area (Å²) >= 11 is 6.10. The Bertz CT molecular complexity index is 1410. The molecule has 0 spiro atoms. The topological polar surface area (TPSA) is 66.8 Å². The van der Waals surface area contributed by atoms with E-state index >= 15 is 0 Å². The molecule has 0 radical (unpaired) electrons. The van der Waals surface area contributed by atoms with Gasteiger partial charge in [-0.15, -0.1) is 0 Å². The highest BCUT2D eigenvalue weighted by molar-refractivity contribution is 7.90. The van der Waals surface area contributed by atoms with Crippen LogP contribution in [-0.4, -0.2) is 44.4 Å². The molecule has 0 aliphatic rings. The smallest absolute Gasteiger partial charge is 0.417 e. The van der Waals surface area contributed by atoms with Gasteiger partial charge in [-0.1, -0.05) is 35.9 Å². The largest absolute Gasteiger partial charge is 0.493 e. The first-order valence-electron chi connectivity index (χ1n) is 12.3. The maximum atomic E-state index is 14.6. The predicted octanol–water partition coefficient (Wildman–Crippen LogP) is 6.61. The second-order valence-electron chi connectivity index (χ2n) is 9.40. The first kappa shape index (κ1) is 31.8. The van der Waals surface area contributed by atoms with Crippen LogP contribution in [0.4, 0.5) is 22.0 Å². The third-order valence-electron chi connectivity index (χ3n) is 6.18. The number of hydrogen-bond acceptors (Lipinski definition) is 5. The van der Waals surface area contributed by atoms with Crippen LogP contribution in [0.5, 0.6) is 5.75 Å². The fourth-order valence-corrected chi connectivity index (χ4v) is 5.50. The summed E-state index contributed by atoms with van der Waals surface area (Å²) in [6.07, 6.45) is -4.22. The highest BCUT2D eigenvalue weighted by atomic mass is 35.5. The highest BCUT2D eigenvalue weighted by Gasteiger charge is 2.34. The van der Waals surface area contributed by atoms with Gasteiger partial charge in [0, 0.05) is 37.5 Å². The number of aliphatic hydroxyl groups excluding tert-OH is 1. The van der Waals surface area contributed by atoms with Crippen LogP contribution in [0.15, 0.2) is 59.5 Å². The Balaban J connectivity index is 1.73. The van der Waals surface area contributed by atoms with Crippen LogP contribution in [-0.2, 0) is 29.0 Å². The Hall–Kier alpha value is -2.73. The Morgan fingerprint density at radius 2 is 1.73 bits per heavy atom. The Kier molecular flexibility index (Phi) is 10.6. The normalized spacial score (nSPS) is 13.1. The van der Waals surface area contributed by atoms with E-state index < -0.39 is 33.5 Å². The number of rotatable bonds is 12. The molecule has 3 rings (SSSR count). The van der Waals surface area contributed by atoms with E-state index in [1.807, 2.05) is 4.90 Å². The zero-order chi connectivity index (χ0) is 29.7. The first-order chi connectivity index (χ1) is 18.7. The summed E-state index contributed by atoms with van der Waals surface area (Å²) in [5.74, 6) is -1.35. The number of aliphatic hydroxyl groups is 1. The van der Waals surface area contributed by atoms with Crippen LogP contribution >= 0.6 is 11.6 Å². The zero-order valence-corrected chi connectivity index (χ0v) is 23.4. The van der Waals surface area contributed by atoms with Gasteiger partial charge >= 0.3 is 6.18 Å². The molecule has 0 aromatic heterocycles. The van der Waals surface area contributed by atoms with Gasteiger partial charge in [-0.3, -0.25) is 4.90 Å². The minimum absolute atomic E-state index is 0.0406. The molecule has 0 heterocycles. The maximum Gasteiger partial charge on any atom is 0.417 e. The fraction of sp³-hybridized carbons (Fsp3) is 0.357. The van der Waals surface area contributed by atoms with E-state index in [2.05, 4.69) is 0 Å². The molecule has 0 fully saturated rings. The number of hydrogen-bond donors (Lipinski definition) is 1. The molecule has 0 amide bonds. The summed E-state index contributed by atoms with van der Waals surface area (Å²) in [6.45, 7) is 2.15. The van der Waals surface area contributed by atoms with Crippen molar-refractivity contribution in [2.75, 3.05) is 26.0 Å². The van der Waals surface area contributed by atoms with Crippen LogP contribution in [0.1, 0.15) is 41.7 Å². The van der Waals surface area contributed by atoms with E-state index in [0.717, 1.165) is 30.0 Å². The average Bonchev–Trinajstić information content (AvgIpc) is 2.85.